The summed E-state index contributed by atoms with van der Waals surface area (Å²) in [5.74, 6) is 1.68. The number of aromatic nitrogens is 4. The summed E-state index contributed by atoms with van der Waals surface area (Å²) >= 11 is 4.39. The van der Waals surface area contributed by atoms with Gasteiger partial charge < -0.3 is 10.2 Å². The number of anilines is 1. The zero-order chi connectivity index (χ0) is 12.4. The highest BCUT2D eigenvalue weighted by Crippen LogP contribution is 2.28. The Labute approximate surface area is 114 Å². The monoisotopic (exact) mass is 297 g/mol. The van der Waals surface area contributed by atoms with Gasteiger partial charge in [0.25, 0.3) is 5.89 Å². The van der Waals surface area contributed by atoms with Crippen LogP contribution in [-0.2, 0) is 5.75 Å². The number of hydrogen-bond acceptors (Lipinski definition) is 9. The number of thioether (sulfide) groups is 1. The first-order valence-corrected chi connectivity index (χ1v) is 7.57. The van der Waals surface area contributed by atoms with Crippen molar-refractivity contribution in [2.75, 3.05) is 5.73 Å². The predicted molar refractivity (Wildman–Crippen MR) is 71.5 cm³/mol. The van der Waals surface area contributed by atoms with Gasteiger partial charge in [0, 0.05) is 0 Å². The van der Waals surface area contributed by atoms with Crippen molar-refractivity contribution < 1.29 is 4.42 Å². The summed E-state index contributed by atoms with van der Waals surface area (Å²) in [4.78, 5) is 0.971. The summed E-state index contributed by atoms with van der Waals surface area (Å²) in [7, 11) is 0. The normalized spacial score (nSPS) is 10.9. The Morgan fingerprint density at radius 1 is 1.28 bits per heavy atom. The second-order valence-corrected chi connectivity index (χ2v) is 6.35. The van der Waals surface area contributed by atoms with E-state index in [1.807, 2.05) is 17.5 Å². The zero-order valence-corrected chi connectivity index (χ0v) is 11.4. The quantitative estimate of drug-likeness (QED) is 0.740. The molecule has 3 rings (SSSR count). The molecule has 0 fully saturated rings. The molecule has 3 aromatic heterocycles. The molecule has 0 unspecified atom stereocenters. The van der Waals surface area contributed by atoms with E-state index in [1.165, 1.54) is 23.1 Å². The van der Waals surface area contributed by atoms with E-state index in [-0.39, 0.29) is 0 Å². The Kier molecular flexibility index (Phi) is 3.26. The molecule has 18 heavy (non-hydrogen) atoms. The van der Waals surface area contributed by atoms with Gasteiger partial charge in [0.15, 0.2) is 4.34 Å². The summed E-state index contributed by atoms with van der Waals surface area (Å²) in [6.07, 6.45) is 0. The Bertz CT molecular complexity index is 632. The van der Waals surface area contributed by atoms with Gasteiger partial charge in [-0.1, -0.05) is 29.2 Å². The Morgan fingerprint density at radius 2 is 2.22 bits per heavy atom. The maximum atomic E-state index is 5.55. The first kappa shape index (κ1) is 11.6. The maximum Gasteiger partial charge on any atom is 0.257 e. The van der Waals surface area contributed by atoms with Gasteiger partial charge in [0.1, 0.15) is 0 Å². The van der Waals surface area contributed by atoms with Crippen LogP contribution in [0, 0.1) is 0 Å². The number of hydrogen-bond donors (Lipinski definition) is 1. The molecule has 3 heterocycles. The van der Waals surface area contributed by atoms with Gasteiger partial charge in [-0.05, 0) is 11.4 Å². The van der Waals surface area contributed by atoms with Crippen LogP contribution in [0.5, 0.6) is 0 Å². The number of thiophene rings is 1. The summed E-state index contributed by atoms with van der Waals surface area (Å²) < 4.78 is 6.34. The first-order chi connectivity index (χ1) is 8.81. The first-order valence-electron chi connectivity index (χ1n) is 4.89. The van der Waals surface area contributed by atoms with Crippen LogP contribution in [0.25, 0.3) is 10.8 Å². The summed E-state index contributed by atoms with van der Waals surface area (Å²) in [5.41, 5.74) is 5.50. The number of nitrogens with two attached hydrogens (primary N) is 1. The highest BCUT2D eigenvalue weighted by molar-refractivity contribution is 8.00. The fraction of sp³-hybridized carbons (Fsp3) is 0.111. The van der Waals surface area contributed by atoms with Crippen molar-refractivity contribution in [2.24, 2.45) is 0 Å². The fourth-order valence-electron chi connectivity index (χ4n) is 1.21. The van der Waals surface area contributed by atoms with Gasteiger partial charge in [-0.25, -0.2) is 0 Å². The van der Waals surface area contributed by atoms with Gasteiger partial charge in [-0.2, -0.15) is 0 Å². The molecule has 0 aliphatic heterocycles. The van der Waals surface area contributed by atoms with Crippen molar-refractivity contribution in [3.63, 3.8) is 0 Å². The van der Waals surface area contributed by atoms with E-state index in [2.05, 4.69) is 20.4 Å². The smallest absolute Gasteiger partial charge is 0.257 e. The van der Waals surface area contributed by atoms with Crippen LogP contribution >= 0.6 is 34.4 Å². The standard InChI is InChI=1S/C9H7N5OS3/c10-8-13-14-9(18-8)17-4-6-11-12-7(15-6)5-2-1-3-16-5/h1-3H,4H2,(H2,10,13). The van der Waals surface area contributed by atoms with E-state index in [0.29, 0.717) is 22.7 Å². The molecule has 0 atom stereocenters. The maximum absolute atomic E-state index is 5.55. The minimum Gasteiger partial charge on any atom is -0.419 e. The highest BCUT2D eigenvalue weighted by atomic mass is 32.2. The number of nitrogens with zero attached hydrogens (tertiary/aromatic N) is 4. The molecule has 92 valence electrons. The minimum absolute atomic E-state index is 0.460. The van der Waals surface area contributed by atoms with Crippen molar-refractivity contribution in [3.8, 4) is 10.8 Å². The number of rotatable bonds is 4. The van der Waals surface area contributed by atoms with Gasteiger partial charge >= 0.3 is 0 Å². The van der Waals surface area contributed by atoms with E-state index in [0.717, 1.165) is 9.22 Å². The van der Waals surface area contributed by atoms with Crippen LogP contribution in [0.1, 0.15) is 5.89 Å². The van der Waals surface area contributed by atoms with Gasteiger partial charge in [0.2, 0.25) is 11.0 Å². The molecule has 0 radical (unpaired) electrons. The molecule has 0 amide bonds. The molecular weight excluding hydrogens is 290 g/mol. The van der Waals surface area contributed by atoms with Crippen molar-refractivity contribution in [1.29, 1.82) is 0 Å². The third kappa shape index (κ3) is 2.52. The van der Waals surface area contributed by atoms with Crippen molar-refractivity contribution in [1.82, 2.24) is 20.4 Å². The van der Waals surface area contributed by atoms with E-state index in [9.17, 15) is 0 Å². The van der Waals surface area contributed by atoms with E-state index in [1.54, 1.807) is 11.3 Å². The van der Waals surface area contributed by atoms with Gasteiger partial charge in [-0.3, -0.25) is 0 Å². The molecule has 9 heteroatoms. The lowest BCUT2D eigenvalue weighted by molar-refractivity contribution is 0.529. The Morgan fingerprint density at radius 3 is 2.94 bits per heavy atom. The average molecular weight is 297 g/mol. The average Bonchev–Trinajstić information content (AvgIpc) is 3.07. The second-order valence-electron chi connectivity index (χ2n) is 3.17. The van der Waals surface area contributed by atoms with Crippen molar-refractivity contribution >= 4 is 39.6 Å². The van der Waals surface area contributed by atoms with Crippen LogP contribution in [0.3, 0.4) is 0 Å². The molecule has 0 spiro atoms. The number of nitrogen functional groups attached to an aromatic ring is 1. The van der Waals surface area contributed by atoms with E-state index < -0.39 is 0 Å². The molecule has 6 nitrogen and oxygen atoms in total. The van der Waals surface area contributed by atoms with Crippen LogP contribution in [0.4, 0.5) is 5.13 Å². The van der Waals surface area contributed by atoms with Crippen molar-refractivity contribution in [3.05, 3.63) is 23.4 Å². The lowest BCUT2D eigenvalue weighted by Gasteiger charge is -1.90. The van der Waals surface area contributed by atoms with Crippen LogP contribution in [0.15, 0.2) is 26.3 Å². The fourth-order valence-corrected chi connectivity index (χ4v) is 3.33. The summed E-state index contributed by atoms with van der Waals surface area (Å²) in [5, 5.41) is 18.1. The molecule has 3 aromatic rings. The molecule has 0 aromatic carbocycles. The van der Waals surface area contributed by atoms with E-state index in [4.69, 9.17) is 10.2 Å². The SMILES string of the molecule is Nc1nnc(SCc2nnc(-c3cccs3)o2)s1. The van der Waals surface area contributed by atoms with Crippen molar-refractivity contribution in [2.45, 2.75) is 10.1 Å². The van der Waals surface area contributed by atoms with Gasteiger partial charge in [0.05, 0.1) is 10.6 Å². The highest BCUT2D eigenvalue weighted by Gasteiger charge is 2.10. The lowest BCUT2D eigenvalue weighted by Crippen LogP contribution is -1.80. The molecule has 0 saturated heterocycles. The third-order valence-electron chi connectivity index (χ3n) is 1.94. The topological polar surface area (TPSA) is 90.7 Å². The molecule has 2 N–H and O–H groups in total. The van der Waals surface area contributed by atoms with Crippen LogP contribution < -0.4 is 5.73 Å². The lowest BCUT2D eigenvalue weighted by atomic mass is 10.5. The Balaban J connectivity index is 1.67. The summed E-state index contributed by atoms with van der Waals surface area (Å²) in [6, 6.07) is 3.89. The largest absolute Gasteiger partial charge is 0.419 e. The van der Waals surface area contributed by atoms with E-state index >= 15 is 0 Å². The molecule has 0 saturated carbocycles. The predicted octanol–water partition coefficient (Wildman–Crippen LogP) is 2.52. The molecule has 0 bridgehead atoms. The minimum atomic E-state index is 0.460. The molecule has 0 aliphatic rings. The zero-order valence-electron chi connectivity index (χ0n) is 8.94. The molecule has 0 aliphatic carbocycles. The van der Waals surface area contributed by atoms with Crippen LogP contribution in [-0.4, -0.2) is 20.4 Å². The Hall–Kier alpha value is -1.45. The summed E-state index contributed by atoms with van der Waals surface area (Å²) in [6.45, 7) is 0. The third-order valence-corrected chi connectivity index (χ3v) is 4.67. The van der Waals surface area contributed by atoms with Gasteiger partial charge in [-0.15, -0.1) is 31.7 Å². The van der Waals surface area contributed by atoms with Crippen LogP contribution in [0.2, 0.25) is 0 Å². The molecular formula is C9H7N5OS3. The second kappa shape index (κ2) is 5.04.